The first-order chi connectivity index (χ1) is 19.0. The molecule has 0 spiro atoms. The average molecular weight is 586 g/mol. The number of piperidine rings is 1. The zero-order chi connectivity index (χ0) is 28.8. The van der Waals surface area contributed by atoms with E-state index < -0.39 is 5.82 Å². The molecule has 0 bridgehead atoms. The van der Waals surface area contributed by atoms with Gasteiger partial charge in [0.05, 0.1) is 21.7 Å². The summed E-state index contributed by atoms with van der Waals surface area (Å²) in [6.07, 6.45) is 3.08. The minimum atomic E-state index is -0.688. The van der Waals surface area contributed by atoms with Crippen LogP contribution in [0.1, 0.15) is 60.0 Å². The summed E-state index contributed by atoms with van der Waals surface area (Å²) in [5.74, 6) is -1.28. The van der Waals surface area contributed by atoms with Crippen LogP contribution in [0.5, 0.6) is 0 Å². The summed E-state index contributed by atoms with van der Waals surface area (Å²) in [6.45, 7) is 3.86. The smallest absolute Gasteiger partial charge is 0.253 e. The molecular formula is C30H31Cl2FN4O3. The van der Waals surface area contributed by atoms with Crippen molar-refractivity contribution in [1.29, 1.82) is 5.26 Å². The Hall–Kier alpha value is -3.15. The molecule has 0 unspecified atom stereocenters. The first kappa shape index (κ1) is 28.4. The Bertz CT molecular complexity index is 1400. The van der Waals surface area contributed by atoms with Crippen molar-refractivity contribution in [1.82, 2.24) is 14.7 Å². The molecule has 3 aliphatic rings. The lowest BCUT2D eigenvalue weighted by atomic mass is 9.93. The van der Waals surface area contributed by atoms with E-state index in [0.29, 0.717) is 49.1 Å². The minimum Gasteiger partial charge on any atom is -0.342 e. The van der Waals surface area contributed by atoms with Crippen molar-refractivity contribution in [2.24, 2.45) is 11.3 Å². The van der Waals surface area contributed by atoms with Gasteiger partial charge in [-0.05, 0) is 61.6 Å². The highest BCUT2D eigenvalue weighted by Gasteiger charge is 2.48. The van der Waals surface area contributed by atoms with Crippen LogP contribution in [-0.2, 0) is 9.59 Å². The van der Waals surface area contributed by atoms with Crippen LogP contribution in [0.4, 0.5) is 4.39 Å². The largest absolute Gasteiger partial charge is 0.342 e. The zero-order valence-corrected chi connectivity index (χ0v) is 24.0. The fraction of sp³-hybridized carbons (Fsp3) is 0.467. The maximum absolute atomic E-state index is 13.9. The lowest BCUT2D eigenvalue weighted by Gasteiger charge is -2.34. The highest BCUT2D eigenvalue weighted by molar-refractivity contribution is 6.42. The number of likely N-dealkylation sites (tertiary alicyclic amines) is 2. The van der Waals surface area contributed by atoms with Gasteiger partial charge in [0.2, 0.25) is 11.8 Å². The highest BCUT2D eigenvalue weighted by atomic mass is 35.5. The van der Waals surface area contributed by atoms with Crippen molar-refractivity contribution in [3.8, 4) is 6.07 Å². The van der Waals surface area contributed by atoms with Gasteiger partial charge in [-0.1, -0.05) is 36.2 Å². The molecule has 10 heteroatoms. The molecule has 2 heterocycles. The van der Waals surface area contributed by atoms with E-state index in [9.17, 15) is 24.0 Å². The summed E-state index contributed by atoms with van der Waals surface area (Å²) in [5, 5.41) is 10.0. The number of halogens is 3. The van der Waals surface area contributed by atoms with E-state index in [-0.39, 0.29) is 52.1 Å². The average Bonchev–Trinajstić information content (AvgIpc) is 3.56. The van der Waals surface area contributed by atoms with E-state index >= 15 is 0 Å². The van der Waals surface area contributed by atoms with E-state index in [0.717, 1.165) is 24.5 Å². The van der Waals surface area contributed by atoms with Crippen LogP contribution in [-0.4, -0.2) is 71.7 Å². The van der Waals surface area contributed by atoms with E-state index in [1.807, 2.05) is 17.9 Å². The van der Waals surface area contributed by atoms with Crippen molar-refractivity contribution in [2.45, 2.75) is 44.6 Å². The van der Waals surface area contributed by atoms with Crippen molar-refractivity contribution in [2.75, 3.05) is 33.2 Å². The lowest BCUT2D eigenvalue weighted by Crippen LogP contribution is -2.46. The van der Waals surface area contributed by atoms with Gasteiger partial charge in [-0.25, -0.2) is 4.39 Å². The number of rotatable bonds is 5. The Labute approximate surface area is 243 Å². The summed E-state index contributed by atoms with van der Waals surface area (Å²) >= 11 is 12.5. The normalized spacial score (nSPS) is 22.1. The van der Waals surface area contributed by atoms with Crippen LogP contribution < -0.4 is 0 Å². The first-order valence-electron chi connectivity index (χ1n) is 13.5. The number of carbonyl (C=O) groups is 3. The molecule has 0 N–H and O–H groups in total. The summed E-state index contributed by atoms with van der Waals surface area (Å²) in [4.78, 5) is 45.2. The second-order valence-corrected chi connectivity index (χ2v) is 12.3. The monoisotopic (exact) mass is 584 g/mol. The number of hydrogen-bond donors (Lipinski definition) is 0. The Morgan fingerprint density at radius 2 is 1.73 bits per heavy atom. The van der Waals surface area contributed by atoms with E-state index in [4.69, 9.17) is 23.2 Å². The maximum atomic E-state index is 13.9. The van der Waals surface area contributed by atoms with Gasteiger partial charge >= 0.3 is 0 Å². The molecule has 1 aliphatic carbocycles. The molecule has 40 heavy (non-hydrogen) atoms. The second-order valence-electron chi connectivity index (χ2n) is 11.4. The molecule has 5 rings (SSSR count). The van der Waals surface area contributed by atoms with Gasteiger partial charge in [0, 0.05) is 56.0 Å². The maximum Gasteiger partial charge on any atom is 0.253 e. The minimum absolute atomic E-state index is 0.0201. The Morgan fingerprint density at radius 1 is 1.02 bits per heavy atom. The predicted octanol–water partition coefficient (Wildman–Crippen LogP) is 5.11. The third-order valence-electron chi connectivity index (χ3n) is 8.77. The molecule has 3 fully saturated rings. The lowest BCUT2D eigenvalue weighted by molar-refractivity contribution is -0.142. The molecule has 3 amide bonds. The van der Waals surface area contributed by atoms with Crippen LogP contribution in [0.25, 0.3) is 0 Å². The molecule has 2 aromatic rings. The summed E-state index contributed by atoms with van der Waals surface area (Å²) in [5.41, 5.74) is 0.620. The third kappa shape index (κ3) is 5.42. The fourth-order valence-electron chi connectivity index (χ4n) is 5.90. The predicted molar refractivity (Wildman–Crippen MR) is 149 cm³/mol. The number of nitriles is 1. The van der Waals surface area contributed by atoms with Gasteiger partial charge in [0.15, 0.2) is 0 Å². The quantitative estimate of drug-likeness (QED) is 0.489. The molecule has 0 aromatic heterocycles. The fourth-order valence-corrected chi connectivity index (χ4v) is 6.21. The number of hydrogen-bond acceptors (Lipinski definition) is 4. The number of nitrogens with zero attached hydrogens (tertiary/aromatic N) is 4. The van der Waals surface area contributed by atoms with Crippen molar-refractivity contribution >= 4 is 40.9 Å². The molecule has 7 nitrogen and oxygen atoms in total. The molecule has 210 valence electrons. The third-order valence-corrected chi connectivity index (χ3v) is 9.51. The summed E-state index contributed by atoms with van der Waals surface area (Å²) in [6, 6.07) is 10.4. The number of amides is 3. The van der Waals surface area contributed by atoms with Crippen molar-refractivity contribution in [3.63, 3.8) is 0 Å². The van der Waals surface area contributed by atoms with Gasteiger partial charge < -0.3 is 14.7 Å². The van der Waals surface area contributed by atoms with E-state index in [1.54, 1.807) is 35.0 Å². The van der Waals surface area contributed by atoms with E-state index in [1.165, 1.54) is 12.1 Å². The van der Waals surface area contributed by atoms with Gasteiger partial charge in [-0.15, -0.1) is 0 Å². The van der Waals surface area contributed by atoms with Gasteiger partial charge in [-0.3, -0.25) is 14.4 Å². The number of likely N-dealkylation sites (N-methyl/N-ethyl adjacent to an activating group) is 1. The topological polar surface area (TPSA) is 84.7 Å². The van der Waals surface area contributed by atoms with Crippen LogP contribution in [0.2, 0.25) is 10.0 Å². The zero-order valence-electron chi connectivity index (χ0n) is 22.5. The Balaban J connectivity index is 1.35. The summed E-state index contributed by atoms with van der Waals surface area (Å²) < 4.78 is 13.9. The van der Waals surface area contributed by atoms with Crippen LogP contribution in [0.15, 0.2) is 36.4 Å². The van der Waals surface area contributed by atoms with Gasteiger partial charge in [-0.2, -0.15) is 5.26 Å². The van der Waals surface area contributed by atoms with Crippen molar-refractivity contribution < 1.29 is 18.8 Å². The Kier molecular flexibility index (Phi) is 7.82. The molecule has 2 saturated heterocycles. The Morgan fingerprint density at radius 3 is 2.35 bits per heavy atom. The first-order valence-corrected chi connectivity index (χ1v) is 14.3. The highest BCUT2D eigenvalue weighted by Crippen LogP contribution is 2.47. The molecular weight excluding hydrogens is 554 g/mol. The van der Waals surface area contributed by atoms with Crippen molar-refractivity contribution in [3.05, 3.63) is 69.0 Å². The van der Waals surface area contributed by atoms with Gasteiger partial charge in [0.1, 0.15) is 11.9 Å². The molecule has 0 radical (unpaired) electrons. The van der Waals surface area contributed by atoms with E-state index in [2.05, 4.69) is 0 Å². The van der Waals surface area contributed by atoms with Crippen LogP contribution in [0, 0.1) is 28.5 Å². The molecule has 2 aromatic carbocycles. The number of benzene rings is 2. The standard InChI is InChI=1S/C30H31Cl2FN4O3/c1-30(9-10-30)29(40)36-11-7-18(8-12-36)28(39)37-16-22(19-3-5-23(31)24(32)14-19)26(17-37)35(2)27(38)20-4-6-25(33)21(13-20)15-34/h3-6,13-14,18,22,26H,7-12,16-17H2,1-2H3/t22-,26+/m1/s1. The SMILES string of the molecule is CN(C(=O)c1ccc(F)c(C#N)c1)[C@H]1CN(C(=O)C2CCN(C(=O)C3(C)CC3)CC2)C[C@@H]1c1ccc(Cl)c(Cl)c1. The molecule has 2 atom stereocenters. The molecule has 2 aliphatic heterocycles. The van der Waals surface area contributed by atoms with Crippen LogP contribution >= 0.6 is 23.2 Å². The number of carbonyl (C=O) groups excluding carboxylic acids is 3. The van der Waals surface area contributed by atoms with Gasteiger partial charge in [0.25, 0.3) is 5.91 Å². The second kappa shape index (κ2) is 11.0. The summed E-state index contributed by atoms with van der Waals surface area (Å²) in [7, 11) is 1.66. The molecule has 1 saturated carbocycles. The van der Waals surface area contributed by atoms with Crippen LogP contribution in [0.3, 0.4) is 0 Å².